The average Bonchev–Trinajstić information content (AvgIpc) is 3.35. The Morgan fingerprint density at radius 1 is 0.542 bits per heavy atom. The first-order chi connectivity index (χ1) is 23.4. The summed E-state index contributed by atoms with van der Waals surface area (Å²) in [6.45, 7) is 2.22. The third-order valence-electron chi connectivity index (χ3n) is 8.57. The van der Waals surface area contributed by atoms with Crippen LogP contribution in [0, 0.1) is 0 Å². The van der Waals surface area contributed by atoms with Crippen LogP contribution in [-0.2, 0) is 12.8 Å². The Morgan fingerprint density at radius 3 is 1.54 bits per heavy atom. The minimum Gasteiger partial charge on any atom is -0.535 e. The Labute approximate surface area is 290 Å². The molecule has 8 rings (SSSR count). The van der Waals surface area contributed by atoms with Crippen LogP contribution < -0.4 is 14.8 Å². The van der Waals surface area contributed by atoms with Gasteiger partial charge in [-0.05, 0) is 76.6 Å². The molecule has 0 radical (unpaired) electrons. The number of hydrogen-bond donors (Lipinski definition) is 1. The van der Waals surface area contributed by atoms with Gasteiger partial charge < -0.3 is 9.53 Å². The van der Waals surface area contributed by atoms with E-state index in [0.29, 0.717) is 18.4 Å². The molecule has 6 aromatic rings. The van der Waals surface area contributed by atoms with Gasteiger partial charge in [0.15, 0.2) is 11.6 Å². The molecule has 2 aliphatic rings. The summed E-state index contributed by atoms with van der Waals surface area (Å²) >= 11 is 3.25. The number of aromatic hydroxyl groups is 1. The topological polar surface area (TPSA) is 63.6 Å². The Kier molecular flexibility index (Phi) is 9.08. The molecule has 1 N–H and O–H groups in total. The van der Waals surface area contributed by atoms with E-state index in [4.69, 9.17) is 4.43 Å². The average molecular weight is 681 g/mol. The molecule has 0 spiro atoms. The quantitative estimate of drug-likeness (QED) is 0.188. The smallest absolute Gasteiger partial charge is 0.311 e. The molecule has 2 aliphatic heterocycles. The van der Waals surface area contributed by atoms with Gasteiger partial charge in [-0.1, -0.05) is 121 Å². The number of carbonyl (C=O) groups is 2. The van der Waals surface area contributed by atoms with Crippen molar-refractivity contribution < 1.29 is 19.1 Å². The monoisotopic (exact) mass is 680 g/mol. The molecule has 0 fully saturated rings. The van der Waals surface area contributed by atoms with E-state index in [1.807, 2.05) is 72.8 Å². The molecule has 0 bridgehead atoms. The second kappa shape index (κ2) is 13.7. The third-order valence-corrected chi connectivity index (χ3v) is 14.5. The number of Topliss-reactive ketones (excluding diaryl/α,β-unsaturated/α-hetero) is 2. The first-order valence-corrected chi connectivity index (χ1v) is 19.8. The predicted octanol–water partition coefficient (Wildman–Crippen LogP) is 8.63. The number of carbonyl (C=O) groups excluding carboxylic acids is 2. The Balaban J connectivity index is 0.000000180. The van der Waals surface area contributed by atoms with Crippen LogP contribution in [0.4, 0.5) is 0 Å². The molecule has 0 saturated carbocycles. The van der Waals surface area contributed by atoms with E-state index in [1.54, 1.807) is 41.7 Å². The number of ketones is 2. The van der Waals surface area contributed by atoms with Crippen molar-refractivity contribution in [2.75, 3.05) is 0 Å². The summed E-state index contributed by atoms with van der Waals surface area (Å²) in [7, 11) is -2.50. The first kappa shape index (κ1) is 31.8. The van der Waals surface area contributed by atoms with E-state index in [1.165, 1.54) is 10.4 Å². The fourth-order valence-corrected chi connectivity index (χ4v) is 11.0. The van der Waals surface area contributed by atoms with Crippen molar-refractivity contribution in [1.29, 1.82) is 0 Å². The Hall–Kier alpha value is -4.82. The van der Waals surface area contributed by atoms with Gasteiger partial charge in [0.05, 0.1) is 0 Å². The summed E-state index contributed by atoms with van der Waals surface area (Å²) in [6.07, 6.45) is 0.825. The molecule has 6 aromatic carbocycles. The van der Waals surface area contributed by atoms with Crippen LogP contribution in [0.15, 0.2) is 165 Å². The first-order valence-electron chi connectivity index (χ1n) is 15.7. The van der Waals surface area contributed by atoms with Crippen LogP contribution in [0.3, 0.4) is 0 Å². The van der Waals surface area contributed by atoms with Gasteiger partial charge >= 0.3 is 8.32 Å². The van der Waals surface area contributed by atoms with Gasteiger partial charge in [-0.2, -0.15) is 0 Å². The highest BCUT2D eigenvalue weighted by molar-refractivity contribution is 7.99. The fourth-order valence-electron chi connectivity index (χ4n) is 6.01. The Morgan fingerprint density at radius 2 is 1.00 bits per heavy atom. The lowest BCUT2D eigenvalue weighted by atomic mass is 10.0. The highest BCUT2D eigenvalue weighted by Gasteiger charge is 2.36. The molecule has 2 heterocycles. The third kappa shape index (κ3) is 6.62. The lowest BCUT2D eigenvalue weighted by molar-refractivity contribution is 0.0981. The molecule has 0 amide bonds. The van der Waals surface area contributed by atoms with Crippen LogP contribution in [0.2, 0.25) is 6.55 Å². The number of phenolic OH excluding ortho intramolecular Hbond substituents is 1. The van der Waals surface area contributed by atoms with Crippen molar-refractivity contribution in [3.63, 3.8) is 0 Å². The summed E-state index contributed by atoms with van der Waals surface area (Å²) in [6, 6.07) is 47.8. The maximum Gasteiger partial charge on any atom is 0.311 e. The molecule has 0 saturated heterocycles. The highest BCUT2D eigenvalue weighted by atomic mass is 32.2. The maximum atomic E-state index is 13.1. The molecule has 0 aromatic heterocycles. The van der Waals surface area contributed by atoms with Gasteiger partial charge in [0.2, 0.25) is 0 Å². The molecule has 7 heteroatoms. The summed E-state index contributed by atoms with van der Waals surface area (Å²) in [4.78, 5) is 29.3. The fraction of sp³-hybridized carbons (Fsp3) is 0.0732. The lowest BCUT2D eigenvalue weighted by Gasteiger charge is -2.29. The van der Waals surface area contributed by atoms with Crippen molar-refractivity contribution in [3.05, 3.63) is 168 Å². The molecule has 48 heavy (non-hydrogen) atoms. The molecule has 0 unspecified atom stereocenters. The SMILES string of the molecule is C[Si](Oc1ccc2c(c1)C(=O)Cc1ccccc1S2)(c1ccccc1)c1ccccc1.O=C1Cc2ccccc2Sc2ccc(O)cc21. The van der Waals surface area contributed by atoms with E-state index in [-0.39, 0.29) is 17.3 Å². The number of fused-ring (bicyclic) bond motifs is 4. The summed E-state index contributed by atoms with van der Waals surface area (Å²) in [5, 5.41) is 11.9. The van der Waals surface area contributed by atoms with Gasteiger partial charge in [0, 0.05) is 43.6 Å². The van der Waals surface area contributed by atoms with E-state index >= 15 is 0 Å². The highest BCUT2D eigenvalue weighted by Crippen LogP contribution is 2.39. The minimum absolute atomic E-state index is 0.0633. The van der Waals surface area contributed by atoms with Crippen molar-refractivity contribution in [1.82, 2.24) is 0 Å². The number of hydrogen-bond acceptors (Lipinski definition) is 6. The molecule has 0 atom stereocenters. The van der Waals surface area contributed by atoms with E-state index in [0.717, 1.165) is 42.0 Å². The second-order valence-corrected chi connectivity index (χ2v) is 17.4. The van der Waals surface area contributed by atoms with Crippen molar-refractivity contribution in [3.8, 4) is 11.5 Å². The zero-order valence-electron chi connectivity index (χ0n) is 26.3. The summed E-state index contributed by atoms with van der Waals surface area (Å²) < 4.78 is 6.78. The van der Waals surface area contributed by atoms with Gasteiger partial charge in [0.1, 0.15) is 11.5 Å². The molecule has 4 nitrogen and oxygen atoms in total. The number of phenols is 1. The second-order valence-electron chi connectivity index (χ2n) is 11.8. The maximum absolute atomic E-state index is 13.1. The predicted molar refractivity (Wildman–Crippen MR) is 196 cm³/mol. The molecular formula is C41H32O4S2Si. The van der Waals surface area contributed by atoms with Gasteiger partial charge in [-0.15, -0.1) is 0 Å². The summed E-state index contributed by atoms with van der Waals surface area (Å²) in [5.41, 5.74) is 3.50. The van der Waals surface area contributed by atoms with Crippen molar-refractivity contribution in [2.45, 2.75) is 39.0 Å². The standard InChI is InChI=1S/C27H22O2SSi.C14H10O2S/c1-31(22-11-4-2-5-12-22,23-13-6-3-7-14-23)29-21-16-17-27-24(19-21)25(28)18-20-10-8-9-15-26(20)30-27;15-10-5-6-14-11(8-10)12(16)7-9-3-1-2-4-13(9)17-14/h2-17,19H,18H2,1H3;1-6,8,15H,7H2. The van der Waals surface area contributed by atoms with Crippen LogP contribution in [0.1, 0.15) is 31.8 Å². The number of benzene rings is 6. The largest absolute Gasteiger partial charge is 0.535 e. The van der Waals surface area contributed by atoms with Gasteiger partial charge in [-0.3, -0.25) is 9.59 Å². The zero-order chi connectivity index (χ0) is 33.1. The van der Waals surface area contributed by atoms with Crippen LogP contribution >= 0.6 is 23.5 Å². The van der Waals surface area contributed by atoms with Crippen LogP contribution in [0.25, 0.3) is 0 Å². The normalized spacial score (nSPS) is 13.4. The number of rotatable bonds is 4. The van der Waals surface area contributed by atoms with Crippen LogP contribution in [0.5, 0.6) is 11.5 Å². The van der Waals surface area contributed by atoms with E-state index in [9.17, 15) is 14.7 Å². The van der Waals surface area contributed by atoms with Gasteiger partial charge in [-0.25, -0.2) is 0 Å². The Bertz CT molecular complexity index is 2090. The van der Waals surface area contributed by atoms with Crippen molar-refractivity contribution >= 4 is 53.8 Å². The van der Waals surface area contributed by atoms with Crippen LogP contribution in [-0.4, -0.2) is 25.0 Å². The summed E-state index contributed by atoms with van der Waals surface area (Å²) in [5.74, 6) is 1.10. The zero-order valence-corrected chi connectivity index (χ0v) is 28.9. The lowest BCUT2D eigenvalue weighted by Crippen LogP contribution is -2.60. The molecule has 0 aliphatic carbocycles. The van der Waals surface area contributed by atoms with E-state index in [2.05, 4.69) is 61.1 Å². The van der Waals surface area contributed by atoms with Gasteiger partial charge in [0.25, 0.3) is 0 Å². The van der Waals surface area contributed by atoms with E-state index < -0.39 is 8.32 Å². The molecular weight excluding hydrogens is 649 g/mol. The minimum atomic E-state index is -2.50. The molecule has 236 valence electrons. The van der Waals surface area contributed by atoms with Crippen molar-refractivity contribution in [2.24, 2.45) is 0 Å².